The van der Waals surface area contributed by atoms with Crippen LogP contribution in [0.15, 0.2) is 22.7 Å². The van der Waals surface area contributed by atoms with Crippen molar-refractivity contribution in [3.63, 3.8) is 0 Å². The molecule has 1 atom stereocenters. The monoisotopic (exact) mass is 325 g/mol. The molecule has 7 heteroatoms. The minimum Gasteiger partial charge on any atom is -0.481 e. The summed E-state index contributed by atoms with van der Waals surface area (Å²) in [6.45, 7) is 8.58. The van der Waals surface area contributed by atoms with E-state index in [2.05, 4.69) is 42.5 Å². The normalized spacial score (nSPS) is 13.3. The van der Waals surface area contributed by atoms with E-state index < -0.39 is 5.97 Å². The van der Waals surface area contributed by atoms with Crippen LogP contribution < -0.4 is 0 Å². The fourth-order valence-corrected chi connectivity index (χ4v) is 3.25. The first-order valence-corrected chi connectivity index (χ1v) is 8.50. The Bertz CT molecular complexity index is 615. The molecule has 0 spiro atoms. The van der Waals surface area contributed by atoms with Gasteiger partial charge in [-0.05, 0) is 23.8 Å². The lowest BCUT2D eigenvalue weighted by molar-refractivity contribution is -0.133. The van der Waals surface area contributed by atoms with Crippen LogP contribution in [0.4, 0.5) is 0 Å². The van der Waals surface area contributed by atoms with E-state index in [1.807, 2.05) is 17.5 Å². The summed E-state index contributed by atoms with van der Waals surface area (Å²) in [6, 6.07) is 4.14. The van der Waals surface area contributed by atoms with Crippen LogP contribution in [0.3, 0.4) is 0 Å². The number of rotatable bonds is 5. The van der Waals surface area contributed by atoms with Crippen molar-refractivity contribution in [3.8, 4) is 10.7 Å². The lowest BCUT2D eigenvalue weighted by Gasteiger charge is -2.30. The quantitative estimate of drug-likeness (QED) is 0.847. The minimum atomic E-state index is -0.851. The van der Waals surface area contributed by atoms with Crippen molar-refractivity contribution in [1.29, 1.82) is 0 Å². The Morgan fingerprint density at radius 1 is 1.48 bits per heavy atom. The Balaban J connectivity index is 2.45. The molecule has 0 aliphatic carbocycles. The highest BCUT2D eigenvalue weighted by Crippen LogP contribution is 2.37. The summed E-state index contributed by atoms with van der Waals surface area (Å²) in [6.07, 6.45) is 0. The van der Waals surface area contributed by atoms with E-state index in [1.54, 1.807) is 11.3 Å². The first-order chi connectivity index (χ1) is 9.80. The van der Waals surface area contributed by atoms with Gasteiger partial charge in [0.05, 0.1) is 10.6 Å². The Labute approximate surface area is 132 Å². The second-order valence-electron chi connectivity index (χ2n) is 5.88. The van der Waals surface area contributed by atoms with Crippen LogP contribution in [0.25, 0.3) is 10.7 Å². The zero-order chi connectivity index (χ0) is 15.6. The van der Waals surface area contributed by atoms with Crippen molar-refractivity contribution >= 4 is 29.1 Å². The number of carboxylic acids is 1. The molecule has 0 aliphatic rings. The topological polar surface area (TPSA) is 68.0 Å². The van der Waals surface area contributed by atoms with Gasteiger partial charge in [0, 0.05) is 6.04 Å². The first kappa shape index (κ1) is 16.0. The average molecular weight is 325 g/mol. The summed E-state index contributed by atoms with van der Waals surface area (Å²) < 4.78 is 2.06. The molecule has 0 amide bonds. The van der Waals surface area contributed by atoms with Crippen LogP contribution in [-0.4, -0.2) is 31.6 Å². The lowest BCUT2D eigenvalue weighted by atomic mass is 9.88. The number of carbonyl (C=O) groups is 1. The molecule has 2 heterocycles. The van der Waals surface area contributed by atoms with E-state index in [0.29, 0.717) is 5.16 Å². The van der Waals surface area contributed by atoms with Gasteiger partial charge in [-0.3, -0.25) is 9.36 Å². The molecule has 0 fully saturated rings. The van der Waals surface area contributed by atoms with Crippen LogP contribution in [0.5, 0.6) is 0 Å². The standard InChI is InChI=1S/C14H19N3O2S2/c1-9(14(2,3)4)17-12(10-6-5-7-20-10)15-16-13(17)21-8-11(18)19/h5-7,9H,8H2,1-4H3,(H,18,19). The molecule has 5 nitrogen and oxygen atoms in total. The molecule has 114 valence electrons. The number of hydrogen-bond donors (Lipinski definition) is 1. The van der Waals surface area contributed by atoms with E-state index in [4.69, 9.17) is 5.11 Å². The maximum atomic E-state index is 10.8. The Kier molecular flexibility index (Phi) is 4.73. The predicted molar refractivity (Wildman–Crippen MR) is 85.9 cm³/mol. The second kappa shape index (κ2) is 6.19. The highest BCUT2D eigenvalue weighted by Gasteiger charge is 2.28. The summed E-state index contributed by atoms with van der Waals surface area (Å²) in [4.78, 5) is 11.9. The molecule has 0 bridgehead atoms. The van der Waals surface area contributed by atoms with Gasteiger partial charge in [0.2, 0.25) is 0 Å². The third-order valence-electron chi connectivity index (χ3n) is 3.37. The number of aliphatic carboxylic acids is 1. The van der Waals surface area contributed by atoms with Crippen molar-refractivity contribution in [2.75, 3.05) is 5.75 Å². The zero-order valence-electron chi connectivity index (χ0n) is 12.5. The first-order valence-electron chi connectivity index (χ1n) is 6.64. The van der Waals surface area contributed by atoms with Crippen LogP contribution in [-0.2, 0) is 4.79 Å². The van der Waals surface area contributed by atoms with Crippen LogP contribution in [0.2, 0.25) is 0 Å². The molecular formula is C14H19N3O2S2. The number of nitrogens with zero attached hydrogens (tertiary/aromatic N) is 3. The largest absolute Gasteiger partial charge is 0.481 e. The molecule has 0 aromatic carbocycles. The summed E-state index contributed by atoms with van der Waals surface area (Å²) in [5, 5.41) is 20.0. The fraction of sp³-hybridized carbons (Fsp3) is 0.500. The molecule has 2 aromatic rings. The fourth-order valence-electron chi connectivity index (χ4n) is 1.81. The van der Waals surface area contributed by atoms with Crippen LogP contribution >= 0.6 is 23.1 Å². The van der Waals surface area contributed by atoms with Gasteiger partial charge in [0.15, 0.2) is 11.0 Å². The molecule has 1 unspecified atom stereocenters. The number of hydrogen-bond acceptors (Lipinski definition) is 5. The van der Waals surface area contributed by atoms with Crippen molar-refractivity contribution in [2.45, 2.75) is 38.9 Å². The molecule has 2 rings (SSSR count). The molecule has 0 saturated carbocycles. The minimum absolute atomic E-state index is 0.0144. The Morgan fingerprint density at radius 2 is 2.19 bits per heavy atom. The SMILES string of the molecule is CC(n1c(SCC(=O)O)nnc1-c1cccs1)C(C)(C)C. The van der Waals surface area contributed by atoms with E-state index in [0.717, 1.165) is 10.7 Å². The molecule has 0 aliphatic heterocycles. The van der Waals surface area contributed by atoms with E-state index in [9.17, 15) is 4.79 Å². The maximum absolute atomic E-state index is 10.8. The third-order valence-corrected chi connectivity index (χ3v) is 5.17. The van der Waals surface area contributed by atoms with Gasteiger partial charge < -0.3 is 5.11 Å². The summed E-state index contributed by atoms with van der Waals surface area (Å²) in [5.41, 5.74) is 0.0208. The van der Waals surface area contributed by atoms with Crippen molar-refractivity contribution in [3.05, 3.63) is 17.5 Å². The van der Waals surface area contributed by atoms with Gasteiger partial charge >= 0.3 is 5.97 Å². The molecular weight excluding hydrogens is 306 g/mol. The highest BCUT2D eigenvalue weighted by atomic mass is 32.2. The Morgan fingerprint density at radius 3 is 2.71 bits per heavy atom. The smallest absolute Gasteiger partial charge is 0.313 e. The summed E-state index contributed by atoms with van der Waals surface area (Å²) in [5.74, 6) is -0.0599. The van der Waals surface area contributed by atoms with Gasteiger partial charge in [0.25, 0.3) is 0 Å². The number of aromatic nitrogens is 3. The number of carboxylic acid groups (broad SMARTS) is 1. The summed E-state index contributed by atoms with van der Waals surface area (Å²) in [7, 11) is 0. The van der Waals surface area contributed by atoms with Gasteiger partial charge in [-0.2, -0.15) is 0 Å². The molecule has 0 saturated heterocycles. The van der Waals surface area contributed by atoms with Gasteiger partial charge in [0.1, 0.15) is 0 Å². The molecule has 0 radical (unpaired) electrons. The van der Waals surface area contributed by atoms with Crippen molar-refractivity contribution in [1.82, 2.24) is 14.8 Å². The number of thiophene rings is 1. The predicted octanol–water partition coefficient (Wildman–Crippen LogP) is 3.79. The van der Waals surface area contributed by atoms with Crippen LogP contribution in [0.1, 0.15) is 33.7 Å². The number of thioether (sulfide) groups is 1. The Hall–Kier alpha value is -1.34. The van der Waals surface area contributed by atoms with E-state index >= 15 is 0 Å². The van der Waals surface area contributed by atoms with Gasteiger partial charge in [-0.1, -0.05) is 38.6 Å². The van der Waals surface area contributed by atoms with Crippen LogP contribution in [0, 0.1) is 5.41 Å². The van der Waals surface area contributed by atoms with E-state index in [-0.39, 0.29) is 17.2 Å². The summed E-state index contributed by atoms with van der Waals surface area (Å²) >= 11 is 2.82. The van der Waals surface area contributed by atoms with E-state index in [1.165, 1.54) is 11.8 Å². The lowest BCUT2D eigenvalue weighted by Crippen LogP contribution is -2.23. The molecule has 21 heavy (non-hydrogen) atoms. The van der Waals surface area contributed by atoms with Gasteiger partial charge in [-0.25, -0.2) is 0 Å². The second-order valence-corrected chi connectivity index (χ2v) is 7.77. The zero-order valence-corrected chi connectivity index (χ0v) is 14.2. The highest BCUT2D eigenvalue weighted by molar-refractivity contribution is 7.99. The maximum Gasteiger partial charge on any atom is 0.313 e. The van der Waals surface area contributed by atoms with Gasteiger partial charge in [-0.15, -0.1) is 21.5 Å². The molecule has 1 N–H and O–H groups in total. The molecule has 2 aromatic heterocycles. The third kappa shape index (κ3) is 3.65. The van der Waals surface area contributed by atoms with Crippen molar-refractivity contribution in [2.24, 2.45) is 5.41 Å². The van der Waals surface area contributed by atoms with Crippen molar-refractivity contribution < 1.29 is 9.90 Å². The average Bonchev–Trinajstić information content (AvgIpc) is 3.02.